The lowest BCUT2D eigenvalue weighted by atomic mass is 10.1. The molecule has 0 bridgehead atoms. The van der Waals surface area contributed by atoms with Gasteiger partial charge in [-0.3, -0.25) is 9.78 Å². The molecular weight excluding hydrogens is 430 g/mol. The van der Waals surface area contributed by atoms with Crippen molar-refractivity contribution in [2.75, 3.05) is 11.9 Å². The Morgan fingerprint density at radius 3 is 2.76 bits per heavy atom. The normalized spacial score (nSPS) is 10.2. The molecule has 0 unspecified atom stereocenters. The second-order valence-corrected chi connectivity index (χ2v) is 7.35. The first-order chi connectivity index (χ1) is 14.1. The van der Waals surface area contributed by atoms with Crippen LogP contribution < -0.4 is 10.1 Å². The molecule has 2 aromatic carbocycles. The number of nitrogens with one attached hydrogen (secondary N) is 1. The lowest BCUT2D eigenvalue weighted by Crippen LogP contribution is -2.14. The third-order valence-corrected chi connectivity index (χ3v) is 4.74. The Morgan fingerprint density at radius 1 is 1.17 bits per heavy atom. The molecule has 29 heavy (non-hydrogen) atoms. The van der Waals surface area contributed by atoms with Crippen molar-refractivity contribution in [3.63, 3.8) is 0 Å². The standard InChI is InChI=1S/C23H20BrN3O2/c1-16-21(10-11-22(26-16)17-6-4-7-18(24)14-17)23(28)27-19-8-5-9-20(15-19)29-13-3-2-12-25/h4-11,14-15H,2-3,13H2,1H3,(H,27,28). The number of aryl methyl sites for hydroxylation is 1. The van der Waals surface area contributed by atoms with E-state index in [1.807, 2.05) is 49.4 Å². The van der Waals surface area contributed by atoms with Crippen LogP contribution in [0.5, 0.6) is 5.75 Å². The van der Waals surface area contributed by atoms with Crippen molar-refractivity contribution in [2.45, 2.75) is 19.8 Å². The molecule has 3 aromatic rings. The van der Waals surface area contributed by atoms with Gasteiger partial charge in [0, 0.05) is 28.2 Å². The summed E-state index contributed by atoms with van der Waals surface area (Å²) in [6.45, 7) is 2.29. The van der Waals surface area contributed by atoms with Crippen molar-refractivity contribution in [1.29, 1.82) is 5.26 Å². The molecule has 6 heteroatoms. The average Bonchev–Trinajstić information content (AvgIpc) is 2.71. The lowest BCUT2D eigenvalue weighted by Gasteiger charge is -2.11. The van der Waals surface area contributed by atoms with Crippen LogP contribution >= 0.6 is 15.9 Å². The van der Waals surface area contributed by atoms with Crippen LogP contribution in [-0.4, -0.2) is 17.5 Å². The summed E-state index contributed by atoms with van der Waals surface area (Å²) in [5.74, 6) is 0.429. The number of hydrogen-bond donors (Lipinski definition) is 1. The molecule has 0 spiro atoms. The average molecular weight is 450 g/mol. The molecule has 0 aliphatic carbocycles. The molecule has 0 radical (unpaired) electrons. The highest BCUT2D eigenvalue weighted by Crippen LogP contribution is 2.23. The highest BCUT2D eigenvalue weighted by molar-refractivity contribution is 9.10. The molecule has 3 rings (SSSR count). The third kappa shape index (κ3) is 5.66. The molecule has 0 saturated heterocycles. The fourth-order valence-corrected chi connectivity index (χ4v) is 3.21. The van der Waals surface area contributed by atoms with E-state index < -0.39 is 0 Å². The lowest BCUT2D eigenvalue weighted by molar-refractivity contribution is 0.102. The second-order valence-electron chi connectivity index (χ2n) is 6.43. The number of aromatic nitrogens is 1. The van der Waals surface area contributed by atoms with Crippen LogP contribution in [0.15, 0.2) is 65.1 Å². The molecule has 5 nitrogen and oxygen atoms in total. The van der Waals surface area contributed by atoms with E-state index in [-0.39, 0.29) is 5.91 Å². The van der Waals surface area contributed by atoms with E-state index in [2.05, 4.69) is 32.3 Å². The molecule has 0 fully saturated rings. The van der Waals surface area contributed by atoms with Crippen molar-refractivity contribution in [3.05, 3.63) is 76.4 Å². The molecule has 1 aromatic heterocycles. The predicted octanol–water partition coefficient (Wildman–Crippen LogP) is 5.75. The van der Waals surface area contributed by atoms with Gasteiger partial charge in [0.05, 0.1) is 29.6 Å². The number of unbranched alkanes of at least 4 members (excludes halogenated alkanes) is 1. The van der Waals surface area contributed by atoms with Crippen LogP contribution in [0.25, 0.3) is 11.3 Å². The van der Waals surface area contributed by atoms with Crippen molar-refractivity contribution < 1.29 is 9.53 Å². The van der Waals surface area contributed by atoms with Gasteiger partial charge < -0.3 is 10.1 Å². The van der Waals surface area contributed by atoms with Gasteiger partial charge in [0.1, 0.15) is 5.75 Å². The molecular formula is C23H20BrN3O2. The number of hydrogen-bond acceptors (Lipinski definition) is 4. The van der Waals surface area contributed by atoms with Gasteiger partial charge >= 0.3 is 0 Å². The van der Waals surface area contributed by atoms with E-state index >= 15 is 0 Å². The Balaban J connectivity index is 1.70. The van der Waals surface area contributed by atoms with Crippen LogP contribution in [0.4, 0.5) is 5.69 Å². The summed E-state index contributed by atoms with van der Waals surface area (Å²) < 4.78 is 6.59. The SMILES string of the molecule is Cc1nc(-c2cccc(Br)c2)ccc1C(=O)Nc1cccc(OCCCC#N)c1. The van der Waals surface area contributed by atoms with Gasteiger partial charge in [-0.05, 0) is 49.7 Å². The number of carbonyl (C=O) groups is 1. The van der Waals surface area contributed by atoms with E-state index in [4.69, 9.17) is 10.00 Å². The van der Waals surface area contributed by atoms with Gasteiger partial charge in [0.2, 0.25) is 0 Å². The van der Waals surface area contributed by atoms with E-state index in [1.165, 1.54) is 0 Å². The number of rotatable bonds is 7. The number of carbonyl (C=O) groups excluding carboxylic acids is 1. The summed E-state index contributed by atoms with van der Waals surface area (Å²) in [4.78, 5) is 17.3. The van der Waals surface area contributed by atoms with Gasteiger partial charge in [-0.25, -0.2) is 0 Å². The summed E-state index contributed by atoms with van der Waals surface area (Å²) in [5, 5.41) is 11.5. The van der Waals surface area contributed by atoms with E-state index in [0.717, 1.165) is 15.7 Å². The molecule has 146 valence electrons. The highest BCUT2D eigenvalue weighted by Gasteiger charge is 2.12. The van der Waals surface area contributed by atoms with Crippen LogP contribution in [0.3, 0.4) is 0 Å². The van der Waals surface area contributed by atoms with Crippen LogP contribution in [0, 0.1) is 18.3 Å². The maximum atomic E-state index is 12.7. The summed E-state index contributed by atoms with van der Waals surface area (Å²) >= 11 is 3.47. The first-order valence-corrected chi connectivity index (χ1v) is 10.0. The number of ether oxygens (including phenoxy) is 1. The molecule has 0 aliphatic rings. The second kappa shape index (κ2) is 9.85. The quantitative estimate of drug-likeness (QED) is 0.465. The van der Waals surface area contributed by atoms with Crippen molar-refractivity contribution in [3.8, 4) is 23.1 Å². The largest absolute Gasteiger partial charge is 0.493 e. The number of amides is 1. The maximum Gasteiger partial charge on any atom is 0.257 e. The van der Waals surface area contributed by atoms with Gasteiger partial charge in [0.25, 0.3) is 5.91 Å². The zero-order valence-corrected chi connectivity index (χ0v) is 17.6. The van der Waals surface area contributed by atoms with Crippen LogP contribution in [-0.2, 0) is 0 Å². The fourth-order valence-electron chi connectivity index (χ4n) is 2.81. The zero-order valence-electron chi connectivity index (χ0n) is 16.0. The minimum Gasteiger partial charge on any atom is -0.493 e. The van der Waals surface area contributed by atoms with Gasteiger partial charge in [-0.1, -0.05) is 34.1 Å². The maximum absolute atomic E-state index is 12.7. The Hall–Kier alpha value is -3.17. The van der Waals surface area contributed by atoms with E-state index in [9.17, 15) is 4.79 Å². The Bertz CT molecular complexity index is 1060. The summed E-state index contributed by atoms with van der Waals surface area (Å²) in [6, 6.07) is 20.8. The van der Waals surface area contributed by atoms with Gasteiger partial charge in [0.15, 0.2) is 0 Å². The fraction of sp³-hybridized carbons (Fsp3) is 0.174. The van der Waals surface area contributed by atoms with Gasteiger partial charge in [-0.15, -0.1) is 0 Å². The summed E-state index contributed by atoms with van der Waals surface area (Å²) in [5.41, 5.74) is 3.61. The number of anilines is 1. The number of nitrogens with zero attached hydrogens (tertiary/aromatic N) is 2. The molecule has 1 heterocycles. The first kappa shape index (κ1) is 20.6. The van der Waals surface area contributed by atoms with Crippen LogP contribution in [0.2, 0.25) is 0 Å². The Labute approximate surface area is 178 Å². The first-order valence-electron chi connectivity index (χ1n) is 9.21. The summed E-state index contributed by atoms with van der Waals surface area (Å²) in [7, 11) is 0. The summed E-state index contributed by atoms with van der Waals surface area (Å²) in [6.07, 6.45) is 1.13. The van der Waals surface area contributed by atoms with Crippen molar-refractivity contribution >= 4 is 27.5 Å². The van der Waals surface area contributed by atoms with Crippen molar-refractivity contribution in [2.24, 2.45) is 0 Å². The molecule has 1 amide bonds. The van der Waals surface area contributed by atoms with Crippen LogP contribution in [0.1, 0.15) is 28.9 Å². The third-order valence-electron chi connectivity index (χ3n) is 4.24. The van der Waals surface area contributed by atoms with E-state index in [0.29, 0.717) is 42.1 Å². The van der Waals surface area contributed by atoms with Crippen molar-refractivity contribution in [1.82, 2.24) is 4.98 Å². The minimum atomic E-state index is -0.225. The molecule has 0 saturated carbocycles. The Morgan fingerprint density at radius 2 is 2.00 bits per heavy atom. The minimum absolute atomic E-state index is 0.225. The number of pyridine rings is 1. The zero-order chi connectivity index (χ0) is 20.6. The smallest absolute Gasteiger partial charge is 0.257 e. The molecule has 0 atom stereocenters. The number of halogens is 1. The Kier molecular flexibility index (Phi) is 6.99. The van der Waals surface area contributed by atoms with E-state index in [1.54, 1.807) is 18.2 Å². The number of nitriles is 1. The molecule has 0 aliphatic heterocycles. The predicted molar refractivity (Wildman–Crippen MR) is 117 cm³/mol. The monoisotopic (exact) mass is 449 g/mol. The number of benzene rings is 2. The topological polar surface area (TPSA) is 75.0 Å². The highest BCUT2D eigenvalue weighted by atomic mass is 79.9. The molecule has 1 N–H and O–H groups in total. The van der Waals surface area contributed by atoms with Gasteiger partial charge in [-0.2, -0.15) is 5.26 Å².